The van der Waals surface area contributed by atoms with Gasteiger partial charge >= 0.3 is 0 Å². The van der Waals surface area contributed by atoms with Crippen LogP contribution in [0.25, 0.3) is 0 Å². The number of hydrazine groups is 1. The van der Waals surface area contributed by atoms with Crippen molar-refractivity contribution in [1.29, 1.82) is 0 Å². The first-order valence-corrected chi connectivity index (χ1v) is 4.40. The number of hydrogen-bond acceptors (Lipinski definition) is 3. The van der Waals surface area contributed by atoms with Crippen LogP contribution in [0.1, 0.15) is 25.7 Å². The lowest BCUT2D eigenvalue weighted by Crippen LogP contribution is -2.55. The zero-order valence-electron chi connectivity index (χ0n) is 6.94. The fourth-order valence-electron chi connectivity index (χ4n) is 1.98. The highest BCUT2D eigenvalue weighted by Crippen LogP contribution is 2.25. The first-order valence-electron chi connectivity index (χ1n) is 4.40. The van der Waals surface area contributed by atoms with Crippen molar-refractivity contribution in [3.63, 3.8) is 0 Å². The monoisotopic (exact) mass is 167 g/mol. The van der Waals surface area contributed by atoms with Gasteiger partial charge in [0.2, 0.25) is 0 Å². The Hall–Kier alpha value is -0.900. The second-order valence-electron chi connectivity index (χ2n) is 3.44. The molecule has 0 saturated heterocycles. The standard InChI is InChI=1S/C8H13N3O/c9-11-7-4-2-1-3-6(7)10-5-8(11)12/h5-7H,1-4,9H2. The molecule has 1 aliphatic carbocycles. The Balaban J connectivity index is 2.18. The van der Waals surface area contributed by atoms with Crippen LogP contribution in [0.3, 0.4) is 0 Å². The molecule has 1 heterocycles. The second kappa shape index (κ2) is 2.86. The van der Waals surface area contributed by atoms with Crippen LogP contribution >= 0.6 is 0 Å². The van der Waals surface area contributed by atoms with Crippen LogP contribution in [0, 0.1) is 0 Å². The predicted molar refractivity (Wildman–Crippen MR) is 45.6 cm³/mol. The molecule has 0 aromatic heterocycles. The van der Waals surface area contributed by atoms with Crippen LogP contribution in [0.5, 0.6) is 0 Å². The number of nitrogens with zero attached hydrogens (tertiary/aromatic N) is 2. The van der Waals surface area contributed by atoms with Gasteiger partial charge in [0.15, 0.2) is 0 Å². The van der Waals surface area contributed by atoms with Crippen molar-refractivity contribution in [2.75, 3.05) is 0 Å². The van der Waals surface area contributed by atoms with Crippen LogP contribution < -0.4 is 5.84 Å². The van der Waals surface area contributed by atoms with E-state index < -0.39 is 0 Å². The van der Waals surface area contributed by atoms with E-state index in [0.29, 0.717) is 0 Å². The van der Waals surface area contributed by atoms with Gasteiger partial charge < -0.3 is 0 Å². The molecule has 12 heavy (non-hydrogen) atoms. The number of nitrogens with two attached hydrogens (primary N) is 1. The van der Waals surface area contributed by atoms with Crippen molar-refractivity contribution in [1.82, 2.24) is 5.01 Å². The minimum Gasteiger partial charge on any atom is -0.282 e. The number of carbonyl (C=O) groups excluding carboxylic acids is 1. The fourth-order valence-corrected chi connectivity index (χ4v) is 1.98. The maximum absolute atomic E-state index is 11.1. The SMILES string of the molecule is NN1C(=O)C=NC2CCCCC21. The molecule has 0 aromatic rings. The van der Waals surface area contributed by atoms with Gasteiger partial charge in [-0.25, -0.2) is 5.84 Å². The first kappa shape index (κ1) is 7.73. The third-order valence-electron chi connectivity index (χ3n) is 2.68. The largest absolute Gasteiger partial charge is 0.282 e. The highest BCUT2D eigenvalue weighted by Gasteiger charge is 2.33. The van der Waals surface area contributed by atoms with E-state index in [1.54, 1.807) is 0 Å². The van der Waals surface area contributed by atoms with E-state index >= 15 is 0 Å². The molecule has 2 atom stereocenters. The number of aliphatic imine (C=N–C) groups is 1. The third-order valence-corrected chi connectivity index (χ3v) is 2.68. The first-order chi connectivity index (χ1) is 5.79. The van der Waals surface area contributed by atoms with Gasteiger partial charge in [-0.3, -0.25) is 14.8 Å². The molecule has 4 heteroatoms. The summed E-state index contributed by atoms with van der Waals surface area (Å²) in [6, 6.07) is 0.428. The van der Waals surface area contributed by atoms with E-state index in [0.717, 1.165) is 19.3 Å². The molecule has 0 bridgehead atoms. The van der Waals surface area contributed by atoms with Gasteiger partial charge in [-0.05, 0) is 12.8 Å². The van der Waals surface area contributed by atoms with Crippen LogP contribution in [0.15, 0.2) is 4.99 Å². The van der Waals surface area contributed by atoms with E-state index in [-0.39, 0.29) is 18.0 Å². The average Bonchev–Trinajstić information content (AvgIpc) is 2.12. The Morgan fingerprint density at radius 2 is 2.25 bits per heavy atom. The number of carbonyl (C=O) groups is 1. The zero-order chi connectivity index (χ0) is 8.55. The lowest BCUT2D eigenvalue weighted by atomic mass is 9.89. The normalized spacial score (nSPS) is 35.1. The predicted octanol–water partition coefficient (Wildman–Crippen LogP) is 0.0843. The number of amides is 1. The molecule has 4 nitrogen and oxygen atoms in total. The van der Waals surface area contributed by atoms with Crippen LogP contribution in [0.4, 0.5) is 0 Å². The summed E-state index contributed by atoms with van der Waals surface area (Å²) < 4.78 is 0. The van der Waals surface area contributed by atoms with Gasteiger partial charge in [-0.2, -0.15) is 0 Å². The molecular formula is C8H13N3O. The summed E-state index contributed by atoms with van der Waals surface area (Å²) in [5.74, 6) is 5.47. The lowest BCUT2D eigenvalue weighted by Gasteiger charge is -2.37. The zero-order valence-corrected chi connectivity index (χ0v) is 6.94. The second-order valence-corrected chi connectivity index (χ2v) is 3.44. The molecule has 2 rings (SSSR count). The molecular weight excluding hydrogens is 154 g/mol. The maximum atomic E-state index is 11.1. The molecule has 1 aliphatic heterocycles. The minimum absolute atomic E-state index is 0.154. The minimum atomic E-state index is -0.154. The summed E-state index contributed by atoms with van der Waals surface area (Å²) in [5, 5.41) is 1.34. The highest BCUT2D eigenvalue weighted by atomic mass is 16.2. The van der Waals surface area contributed by atoms with Gasteiger partial charge in [-0.15, -0.1) is 0 Å². The Bertz CT molecular complexity index is 226. The molecule has 2 aliphatic rings. The van der Waals surface area contributed by atoms with E-state index in [1.807, 2.05) is 0 Å². The van der Waals surface area contributed by atoms with E-state index in [1.165, 1.54) is 17.6 Å². The van der Waals surface area contributed by atoms with E-state index in [4.69, 9.17) is 5.84 Å². The summed E-state index contributed by atoms with van der Waals surface area (Å²) in [6.45, 7) is 0. The van der Waals surface area contributed by atoms with Gasteiger partial charge in [0, 0.05) is 0 Å². The number of rotatable bonds is 0. The van der Waals surface area contributed by atoms with Gasteiger partial charge in [0.1, 0.15) is 0 Å². The van der Waals surface area contributed by atoms with Crippen molar-refractivity contribution in [3.05, 3.63) is 0 Å². The molecule has 1 amide bonds. The molecule has 66 valence electrons. The summed E-state index contributed by atoms with van der Waals surface area (Å²) in [5.41, 5.74) is 0. The van der Waals surface area contributed by atoms with Crippen molar-refractivity contribution in [2.24, 2.45) is 10.8 Å². The summed E-state index contributed by atoms with van der Waals surface area (Å²) in [6.07, 6.45) is 5.80. The third kappa shape index (κ3) is 1.12. The smallest absolute Gasteiger partial charge is 0.278 e. The highest BCUT2D eigenvalue weighted by molar-refractivity contribution is 6.26. The van der Waals surface area contributed by atoms with Crippen LogP contribution in [-0.4, -0.2) is 29.2 Å². The molecule has 1 saturated carbocycles. The molecule has 0 radical (unpaired) electrons. The number of hydrogen-bond donors (Lipinski definition) is 1. The Morgan fingerprint density at radius 3 is 3.08 bits per heavy atom. The van der Waals surface area contributed by atoms with Gasteiger partial charge in [-0.1, -0.05) is 12.8 Å². The fraction of sp³-hybridized carbons (Fsp3) is 0.750. The van der Waals surface area contributed by atoms with Crippen molar-refractivity contribution < 1.29 is 4.79 Å². The molecule has 2 N–H and O–H groups in total. The molecule has 0 spiro atoms. The topological polar surface area (TPSA) is 58.7 Å². The average molecular weight is 167 g/mol. The molecule has 2 unspecified atom stereocenters. The summed E-state index contributed by atoms with van der Waals surface area (Å²) >= 11 is 0. The molecule has 1 fully saturated rings. The van der Waals surface area contributed by atoms with Crippen LogP contribution in [0.2, 0.25) is 0 Å². The summed E-state index contributed by atoms with van der Waals surface area (Å²) in [4.78, 5) is 15.3. The van der Waals surface area contributed by atoms with Crippen molar-refractivity contribution in [3.8, 4) is 0 Å². The van der Waals surface area contributed by atoms with E-state index in [9.17, 15) is 4.79 Å². The Morgan fingerprint density at radius 1 is 1.50 bits per heavy atom. The summed E-state index contributed by atoms with van der Waals surface area (Å²) in [7, 11) is 0. The van der Waals surface area contributed by atoms with Crippen molar-refractivity contribution in [2.45, 2.75) is 37.8 Å². The Kier molecular flexibility index (Phi) is 1.84. The van der Waals surface area contributed by atoms with E-state index in [2.05, 4.69) is 4.99 Å². The van der Waals surface area contributed by atoms with Gasteiger partial charge in [0.25, 0.3) is 5.91 Å². The number of fused-ring (bicyclic) bond motifs is 1. The molecule has 0 aromatic carbocycles. The maximum Gasteiger partial charge on any atom is 0.278 e. The quantitative estimate of drug-likeness (QED) is 0.410. The lowest BCUT2D eigenvalue weighted by molar-refractivity contribution is -0.128. The Labute approximate surface area is 71.4 Å². The van der Waals surface area contributed by atoms with Crippen LogP contribution in [-0.2, 0) is 4.79 Å². The van der Waals surface area contributed by atoms with Crippen molar-refractivity contribution >= 4 is 12.1 Å². The van der Waals surface area contributed by atoms with Gasteiger partial charge in [0.05, 0.1) is 18.3 Å².